The average Bonchev–Trinajstić information content (AvgIpc) is 3.22. The Hall–Kier alpha value is -3.87. The summed E-state index contributed by atoms with van der Waals surface area (Å²) in [6.07, 6.45) is 0. The highest BCUT2D eigenvalue weighted by Crippen LogP contribution is 2.35. The zero-order valence-electron chi connectivity index (χ0n) is 15.9. The second-order valence-electron chi connectivity index (χ2n) is 6.17. The maximum Gasteiger partial charge on any atom is 0.255 e. The third-order valence-corrected chi connectivity index (χ3v) is 4.34. The Morgan fingerprint density at radius 1 is 0.828 bits per heavy atom. The number of ether oxygens (including phenoxy) is 5. The fraction of sp³-hybridized carbons (Fsp3) is 0.136. The summed E-state index contributed by atoms with van der Waals surface area (Å²) in [7, 11) is 3.16. The van der Waals surface area contributed by atoms with E-state index in [1.54, 1.807) is 74.9 Å². The first-order chi connectivity index (χ1) is 14.2. The fourth-order valence-electron chi connectivity index (χ4n) is 2.85. The quantitative estimate of drug-likeness (QED) is 0.666. The van der Waals surface area contributed by atoms with Crippen LogP contribution in [0.15, 0.2) is 60.7 Å². The Morgan fingerprint density at radius 3 is 2.34 bits per heavy atom. The van der Waals surface area contributed by atoms with E-state index in [2.05, 4.69) is 5.32 Å². The van der Waals surface area contributed by atoms with Gasteiger partial charge >= 0.3 is 0 Å². The lowest BCUT2D eigenvalue weighted by Gasteiger charge is -2.13. The molecule has 0 saturated carbocycles. The van der Waals surface area contributed by atoms with Crippen molar-refractivity contribution in [2.45, 2.75) is 0 Å². The zero-order chi connectivity index (χ0) is 20.2. The highest BCUT2D eigenvalue weighted by atomic mass is 16.7. The summed E-state index contributed by atoms with van der Waals surface area (Å²) < 4.78 is 27.0. The van der Waals surface area contributed by atoms with Crippen LogP contribution in [0, 0.1) is 0 Å². The fourth-order valence-corrected chi connectivity index (χ4v) is 2.85. The molecule has 7 heteroatoms. The molecule has 29 heavy (non-hydrogen) atoms. The molecule has 1 aliphatic rings. The lowest BCUT2D eigenvalue weighted by Crippen LogP contribution is -2.11. The highest BCUT2D eigenvalue weighted by molar-refractivity contribution is 6.04. The smallest absolute Gasteiger partial charge is 0.255 e. The van der Waals surface area contributed by atoms with E-state index in [9.17, 15) is 4.79 Å². The molecule has 3 aromatic rings. The number of carbonyl (C=O) groups is 1. The number of amides is 1. The lowest BCUT2D eigenvalue weighted by atomic mass is 10.2. The van der Waals surface area contributed by atoms with Crippen molar-refractivity contribution < 1.29 is 28.5 Å². The van der Waals surface area contributed by atoms with E-state index in [-0.39, 0.29) is 12.7 Å². The van der Waals surface area contributed by atoms with Gasteiger partial charge < -0.3 is 29.0 Å². The van der Waals surface area contributed by atoms with Gasteiger partial charge in [0.25, 0.3) is 5.91 Å². The first-order valence-electron chi connectivity index (χ1n) is 8.87. The Kier molecular flexibility index (Phi) is 5.11. The third-order valence-electron chi connectivity index (χ3n) is 4.34. The Morgan fingerprint density at radius 2 is 1.59 bits per heavy atom. The van der Waals surface area contributed by atoms with Gasteiger partial charge in [-0.3, -0.25) is 4.79 Å². The Balaban J connectivity index is 1.53. The van der Waals surface area contributed by atoms with E-state index >= 15 is 0 Å². The summed E-state index contributed by atoms with van der Waals surface area (Å²) >= 11 is 0. The number of hydrogen-bond acceptors (Lipinski definition) is 6. The van der Waals surface area contributed by atoms with E-state index in [4.69, 9.17) is 23.7 Å². The van der Waals surface area contributed by atoms with Gasteiger partial charge in [-0.05, 0) is 54.6 Å². The number of anilines is 1. The van der Waals surface area contributed by atoms with Crippen LogP contribution in [-0.4, -0.2) is 26.9 Å². The molecule has 0 spiro atoms. The lowest BCUT2D eigenvalue weighted by molar-refractivity contribution is 0.102. The van der Waals surface area contributed by atoms with Crippen molar-refractivity contribution >= 4 is 11.6 Å². The predicted molar refractivity (Wildman–Crippen MR) is 107 cm³/mol. The largest absolute Gasteiger partial charge is 0.497 e. The van der Waals surface area contributed by atoms with Gasteiger partial charge in [-0.25, -0.2) is 0 Å². The second kappa shape index (κ2) is 8.02. The van der Waals surface area contributed by atoms with Crippen molar-refractivity contribution in [2.75, 3.05) is 26.3 Å². The highest BCUT2D eigenvalue weighted by Gasteiger charge is 2.17. The molecular weight excluding hydrogens is 374 g/mol. The number of nitrogens with one attached hydrogen (secondary N) is 1. The van der Waals surface area contributed by atoms with E-state index in [1.165, 1.54) is 0 Å². The summed E-state index contributed by atoms with van der Waals surface area (Å²) in [5.41, 5.74) is 1.03. The minimum Gasteiger partial charge on any atom is -0.497 e. The second-order valence-corrected chi connectivity index (χ2v) is 6.17. The predicted octanol–water partition coefficient (Wildman–Crippen LogP) is 4.48. The van der Waals surface area contributed by atoms with Gasteiger partial charge in [0, 0.05) is 17.3 Å². The van der Waals surface area contributed by atoms with Crippen LogP contribution < -0.4 is 29.0 Å². The molecule has 0 saturated heterocycles. The third kappa shape index (κ3) is 4.03. The van der Waals surface area contributed by atoms with Crippen molar-refractivity contribution in [3.63, 3.8) is 0 Å². The molecule has 0 radical (unpaired) electrons. The minimum atomic E-state index is -0.274. The van der Waals surface area contributed by atoms with Gasteiger partial charge in [0.1, 0.15) is 11.5 Å². The van der Waals surface area contributed by atoms with E-state index in [1.807, 2.05) is 0 Å². The number of carbonyl (C=O) groups excluding carboxylic acids is 1. The molecule has 0 aliphatic carbocycles. The maximum absolute atomic E-state index is 12.6. The first kappa shape index (κ1) is 18.5. The zero-order valence-corrected chi connectivity index (χ0v) is 15.9. The van der Waals surface area contributed by atoms with Crippen LogP contribution in [0.1, 0.15) is 10.4 Å². The van der Waals surface area contributed by atoms with Crippen LogP contribution in [0.4, 0.5) is 5.69 Å². The molecule has 148 valence electrons. The number of hydrogen-bond donors (Lipinski definition) is 1. The summed E-state index contributed by atoms with van der Waals surface area (Å²) in [4.78, 5) is 12.6. The molecule has 1 heterocycles. The van der Waals surface area contributed by atoms with Crippen molar-refractivity contribution in [1.82, 2.24) is 0 Å². The molecule has 3 aromatic carbocycles. The van der Waals surface area contributed by atoms with Gasteiger partial charge in [-0.1, -0.05) is 0 Å². The van der Waals surface area contributed by atoms with Crippen LogP contribution in [0.5, 0.6) is 34.5 Å². The Bertz CT molecular complexity index is 1030. The monoisotopic (exact) mass is 393 g/mol. The number of rotatable bonds is 6. The molecule has 0 aromatic heterocycles. The first-order valence-corrected chi connectivity index (χ1v) is 8.87. The van der Waals surface area contributed by atoms with Gasteiger partial charge in [0.05, 0.1) is 14.2 Å². The molecule has 0 atom stereocenters. The SMILES string of the molecule is COc1ccc(Oc2cc(NC(=O)c3ccc4c(c3)OCO4)ccc2OC)cc1. The number of benzene rings is 3. The van der Waals surface area contributed by atoms with E-state index in [0.717, 1.165) is 5.75 Å². The average molecular weight is 393 g/mol. The van der Waals surface area contributed by atoms with Crippen LogP contribution in [0.25, 0.3) is 0 Å². The van der Waals surface area contributed by atoms with Crippen molar-refractivity contribution in [1.29, 1.82) is 0 Å². The molecule has 0 unspecified atom stereocenters. The van der Waals surface area contributed by atoms with Crippen LogP contribution in [-0.2, 0) is 0 Å². The number of methoxy groups -OCH3 is 2. The molecular formula is C22H19NO6. The van der Waals surface area contributed by atoms with Crippen molar-refractivity contribution in [3.05, 3.63) is 66.2 Å². The van der Waals surface area contributed by atoms with Crippen molar-refractivity contribution in [2.24, 2.45) is 0 Å². The normalized spacial score (nSPS) is 11.7. The minimum absolute atomic E-state index is 0.158. The summed E-state index contributed by atoms with van der Waals surface area (Å²) in [5, 5.41) is 2.85. The molecule has 1 amide bonds. The molecule has 1 aliphatic heterocycles. The maximum atomic E-state index is 12.6. The van der Waals surface area contributed by atoms with Crippen LogP contribution >= 0.6 is 0 Å². The molecule has 0 bridgehead atoms. The van der Waals surface area contributed by atoms with E-state index < -0.39 is 0 Å². The Labute approximate surface area is 167 Å². The van der Waals surface area contributed by atoms with Crippen LogP contribution in [0.3, 0.4) is 0 Å². The summed E-state index contributed by atoms with van der Waals surface area (Å²) in [6, 6.07) is 17.4. The molecule has 7 nitrogen and oxygen atoms in total. The number of fused-ring (bicyclic) bond motifs is 1. The molecule has 4 rings (SSSR count). The topological polar surface area (TPSA) is 75.3 Å². The van der Waals surface area contributed by atoms with Crippen LogP contribution in [0.2, 0.25) is 0 Å². The van der Waals surface area contributed by atoms with Gasteiger partial charge in [0.15, 0.2) is 23.0 Å². The summed E-state index contributed by atoms with van der Waals surface area (Å²) in [6.45, 7) is 0.158. The standard InChI is InChI=1S/C22H19NO6/c1-25-16-5-7-17(8-6-16)29-21-12-15(4-10-18(21)26-2)23-22(24)14-3-9-19-20(11-14)28-13-27-19/h3-12H,13H2,1-2H3,(H,23,24). The van der Waals surface area contributed by atoms with Gasteiger partial charge in [0.2, 0.25) is 6.79 Å². The van der Waals surface area contributed by atoms with E-state index in [0.29, 0.717) is 40.0 Å². The van der Waals surface area contributed by atoms with Crippen molar-refractivity contribution in [3.8, 4) is 34.5 Å². The summed E-state index contributed by atoms with van der Waals surface area (Å²) in [5.74, 6) is 3.27. The van der Waals surface area contributed by atoms with Gasteiger partial charge in [-0.15, -0.1) is 0 Å². The molecule has 0 fully saturated rings. The molecule has 1 N–H and O–H groups in total. The van der Waals surface area contributed by atoms with Gasteiger partial charge in [-0.2, -0.15) is 0 Å².